The van der Waals surface area contributed by atoms with Crippen LogP contribution in [0.2, 0.25) is 0 Å². The summed E-state index contributed by atoms with van der Waals surface area (Å²) in [5.74, 6) is -2.97. The average Bonchev–Trinajstić information content (AvgIpc) is 3.69. The van der Waals surface area contributed by atoms with Crippen LogP contribution in [0.1, 0.15) is 83.3 Å². The van der Waals surface area contributed by atoms with Crippen molar-refractivity contribution in [2.75, 3.05) is 26.2 Å². The number of aliphatic hydroxyl groups is 1. The van der Waals surface area contributed by atoms with Crippen molar-refractivity contribution in [3.8, 4) is 0 Å². The van der Waals surface area contributed by atoms with Gasteiger partial charge in [0.25, 0.3) is 0 Å². The third-order valence-electron chi connectivity index (χ3n) is 9.60. The van der Waals surface area contributed by atoms with E-state index in [9.17, 15) is 24.3 Å². The molecule has 3 saturated heterocycles. The summed E-state index contributed by atoms with van der Waals surface area (Å²) >= 11 is 0. The van der Waals surface area contributed by atoms with Crippen molar-refractivity contribution in [2.45, 2.75) is 102 Å². The van der Waals surface area contributed by atoms with E-state index in [4.69, 9.17) is 9.47 Å². The lowest BCUT2D eigenvalue weighted by atomic mass is 9.70. The van der Waals surface area contributed by atoms with Crippen LogP contribution in [0.4, 0.5) is 0 Å². The third kappa shape index (κ3) is 7.39. The van der Waals surface area contributed by atoms with Crippen molar-refractivity contribution in [1.29, 1.82) is 0 Å². The minimum absolute atomic E-state index is 0.0223. The molecule has 0 unspecified atom stereocenters. The first-order valence-corrected chi connectivity index (χ1v) is 16.9. The molecule has 4 rings (SSSR count). The molecule has 1 aromatic rings. The van der Waals surface area contributed by atoms with Crippen molar-refractivity contribution >= 4 is 23.7 Å². The molecule has 0 saturated carbocycles. The average molecular weight is 638 g/mol. The Hall–Kier alpha value is -3.50. The van der Waals surface area contributed by atoms with Gasteiger partial charge in [0.1, 0.15) is 17.7 Å². The first kappa shape index (κ1) is 35.4. The zero-order valence-electron chi connectivity index (χ0n) is 27.4. The summed E-state index contributed by atoms with van der Waals surface area (Å²) in [5, 5.41) is 12.4. The van der Waals surface area contributed by atoms with Crippen molar-refractivity contribution in [3.63, 3.8) is 0 Å². The predicted octanol–water partition coefficient (Wildman–Crippen LogP) is 4.09. The van der Waals surface area contributed by atoms with Gasteiger partial charge >= 0.3 is 5.97 Å². The van der Waals surface area contributed by atoms with E-state index < -0.39 is 47.7 Å². The number of nitrogens with one attached hydrogen (secondary N) is 1. The number of esters is 1. The number of unbranched alkanes of at least 4 members (excludes halogenated alkanes) is 3. The predicted molar refractivity (Wildman–Crippen MR) is 174 cm³/mol. The molecule has 0 aromatic heterocycles. The van der Waals surface area contributed by atoms with E-state index in [1.165, 1.54) is 0 Å². The van der Waals surface area contributed by atoms with E-state index in [1.807, 2.05) is 30.3 Å². The Kier molecular flexibility index (Phi) is 12.6. The molecule has 3 aliphatic heterocycles. The van der Waals surface area contributed by atoms with Crippen molar-refractivity contribution < 1.29 is 33.8 Å². The fourth-order valence-electron chi connectivity index (χ4n) is 7.45. The van der Waals surface area contributed by atoms with E-state index >= 15 is 0 Å². The molecule has 1 spiro atoms. The molecule has 10 nitrogen and oxygen atoms in total. The van der Waals surface area contributed by atoms with Crippen LogP contribution in [0, 0.1) is 11.8 Å². The number of nitrogens with zero attached hydrogens (tertiary/aromatic N) is 2. The molecule has 3 aliphatic rings. The molecule has 3 fully saturated rings. The minimum Gasteiger partial charge on any atom is -0.455 e. The summed E-state index contributed by atoms with van der Waals surface area (Å²) in [6, 6.07) is 7.81. The summed E-state index contributed by atoms with van der Waals surface area (Å²) < 4.78 is 12.8. The highest BCUT2D eigenvalue weighted by Crippen LogP contribution is 2.59. The Bertz CT molecular complexity index is 1240. The van der Waals surface area contributed by atoms with Crippen LogP contribution in [0.5, 0.6) is 0 Å². The summed E-state index contributed by atoms with van der Waals surface area (Å²) in [5.41, 5.74) is -0.423. The highest BCUT2D eigenvalue weighted by atomic mass is 16.6. The molecule has 252 valence electrons. The van der Waals surface area contributed by atoms with E-state index in [1.54, 1.807) is 28.9 Å². The van der Waals surface area contributed by atoms with Crippen LogP contribution in [0.25, 0.3) is 0 Å². The first-order valence-electron chi connectivity index (χ1n) is 16.9. The van der Waals surface area contributed by atoms with Crippen LogP contribution in [0.15, 0.2) is 55.6 Å². The zero-order valence-corrected chi connectivity index (χ0v) is 27.4. The van der Waals surface area contributed by atoms with Gasteiger partial charge in [-0.2, -0.15) is 0 Å². The van der Waals surface area contributed by atoms with Crippen molar-refractivity contribution in [3.05, 3.63) is 61.2 Å². The van der Waals surface area contributed by atoms with E-state index in [0.29, 0.717) is 45.2 Å². The number of hydrogen-bond donors (Lipinski definition) is 2. The maximum Gasteiger partial charge on any atom is 0.313 e. The zero-order chi connectivity index (χ0) is 33.3. The van der Waals surface area contributed by atoms with Gasteiger partial charge in [-0.15, -0.1) is 13.2 Å². The Balaban J connectivity index is 1.63. The SMILES string of the molecule is C=CCCC(=O)N[C@@H](C)[C@H](OC(=O)[C@@H]1[C@H]2C(=O)N(CCCCO)[C@H](C(=O)N(CC=C)CCCCC)[C@]23CC[C@H]1O3)c1ccccc1. The maximum atomic E-state index is 14.3. The molecular formula is C36H51N3O7. The largest absolute Gasteiger partial charge is 0.455 e. The molecule has 0 aliphatic carbocycles. The van der Waals surface area contributed by atoms with Gasteiger partial charge in [-0.05, 0) is 51.0 Å². The maximum absolute atomic E-state index is 14.3. The van der Waals surface area contributed by atoms with Gasteiger partial charge in [-0.3, -0.25) is 19.2 Å². The van der Waals surface area contributed by atoms with Crippen LogP contribution in [-0.4, -0.2) is 88.6 Å². The molecule has 46 heavy (non-hydrogen) atoms. The fourth-order valence-corrected chi connectivity index (χ4v) is 7.45. The number of carbonyl (C=O) groups excluding carboxylic acids is 4. The van der Waals surface area contributed by atoms with Crippen LogP contribution >= 0.6 is 0 Å². The Morgan fingerprint density at radius 1 is 1.17 bits per heavy atom. The molecule has 2 bridgehead atoms. The highest BCUT2D eigenvalue weighted by Gasteiger charge is 2.75. The Morgan fingerprint density at radius 3 is 2.61 bits per heavy atom. The van der Waals surface area contributed by atoms with Crippen LogP contribution in [0.3, 0.4) is 0 Å². The van der Waals surface area contributed by atoms with Crippen molar-refractivity contribution in [1.82, 2.24) is 15.1 Å². The summed E-state index contributed by atoms with van der Waals surface area (Å²) in [6.07, 6.45) is 7.64. The molecule has 2 N–H and O–H groups in total. The number of aliphatic hydroxyl groups excluding tert-OH is 1. The molecule has 7 atom stereocenters. The standard InChI is InChI=1S/C36H51N3O7/c1-5-8-13-22-38(21-7-3)34(43)32-36-20-19-27(46-36)29(30(36)33(42)39(32)23-14-15-24-40)35(44)45-31(26-16-11-10-12-17-26)25(4)37-28(41)18-9-6-2/h6-7,10-12,16-17,25,27,29-32,40H,2-3,5,8-9,13-15,18-24H2,1,4H3,(H,37,41)/t25-,27+,29-,30-,31-,32+,36-/m0/s1. The van der Waals surface area contributed by atoms with Crippen molar-refractivity contribution in [2.24, 2.45) is 11.8 Å². The number of benzene rings is 1. The number of carbonyl (C=O) groups is 4. The highest BCUT2D eigenvalue weighted by molar-refractivity contribution is 5.98. The summed E-state index contributed by atoms with van der Waals surface area (Å²) in [4.78, 5) is 58.7. The Labute approximate surface area is 273 Å². The van der Waals surface area contributed by atoms with Gasteiger partial charge in [0.2, 0.25) is 17.7 Å². The molecule has 10 heteroatoms. The van der Waals surface area contributed by atoms with Gasteiger partial charge in [-0.25, -0.2) is 0 Å². The van der Waals surface area contributed by atoms with Crippen LogP contribution in [-0.2, 0) is 28.7 Å². The normalized spacial score (nSPS) is 25.9. The van der Waals surface area contributed by atoms with Crippen LogP contribution < -0.4 is 5.32 Å². The summed E-state index contributed by atoms with van der Waals surface area (Å²) in [6.45, 7) is 12.6. The molecule has 0 radical (unpaired) electrons. The quantitative estimate of drug-likeness (QED) is 0.133. The summed E-state index contributed by atoms with van der Waals surface area (Å²) in [7, 11) is 0. The monoisotopic (exact) mass is 637 g/mol. The lowest BCUT2D eigenvalue weighted by Gasteiger charge is -2.37. The first-order chi connectivity index (χ1) is 22.2. The Morgan fingerprint density at radius 2 is 1.93 bits per heavy atom. The van der Waals surface area contributed by atoms with Gasteiger partial charge in [-0.1, -0.05) is 62.2 Å². The third-order valence-corrected chi connectivity index (χ3v) is 9.60. The number of amides is 3. The lowest BCUT2D eigenvalue weighted by molar-refractivity contribution is -0.162. The molecule has 1 aromatic carbocycles. The topological polar surface area (TPSA) is 125 Å². The number of hydrogen-bond acceptors (Lipinski definition) is 7. The second kappa shape index (κ2) is 16.4. The number of ether oxygens (including phenoxy) is 2. The van der Waals surface area contributed by atoms with Gasteiger partial charge < -0.3 is 29.7 Å². The van der Waals surface area contributed by atoms with Gasteiger partial charge in [0.15, 0.2) is 0 Å². The van der Waals surface area contributed by atoms with Gasteiger partial charge in [0.05, 0.1) is 24.0 Å². The van der Waals surface area contributed by atoms with E-state index in [0.717, 1.165) is 24.8 Å². The minimum atomic E-state index is -1.14. The second-order valence-electron chi connectivity index (χ2n) is 12.8. The molecule has 3 heterocycles. The molecular weight excluding hydrogens is 586 g/mol. The molecule has 3 amide bonds. The van der Waals surface area contributed by atoms with E-state index in [-0.39, 0.29) is 37.3 Å². The van der Waals surface area contributed by atoms with Gasteiger partial charge in [0, 0.05) is 32.7 Å². The smallest absolute Gasteiger partial charge is 0.313 e. The number of likely N-dealkylation sites (tertiary alicyclic amines) is 1. The lowest BCUT2D eigenvalue weighted by Crippen LogP contribution is -2.56. The number of rotatable bonds is 19. The fraction of sp³-hybridized carbons (Fsp3) is 0.611. The van der Waals surface area contributed by atoms with E-state index in [2.05, 4.69) is 25.4 Å². The second-order valence-corrected chi connectivity index (χ2v) is 12.8. The number of fused-ring (bicyclic) bond motifs is 1. The number of allylic oxidation sites excluding steroid dienone is 1.